The van der Waals surface area contributed by atoms with Crippen LogP contribution in [0.25, 0.3) is 33.4 Å². The third kappa shape index (κ3) is 3.99. The number of aromatic carboxylic acids is 1. The van der Waals surface area contributed by atoms with Crippen LogP contribution in [0.3, 0.4) is 0 Å². The molecule has 2 aromatic carbocycles. The number of hydrogen-bond donors (Lipinski definition) is 2. The first-order valence-electron chi connectivity index (χ1n) is 10.7. The largest absolute Gasteiger partial charge is 0.478 e. The normalized spacial score (nSPS) is 14.0. The molecule has 0 saturated carbocycles. The summed E-state index contributed by atoms with van der Waals surface area (Å²) in [5, 5.41) is 18.8. The highest BCUT2D eigenvalue weighted by Crippen LogP contribution is 2.41. The number of nitrogens with one attached hydrogen (secondary N) is 1. The standard InChI is InChI=1S/C26H22N2O5/c27-17-6-8-21-23(15-17)33-22-13-16(14-24(29)28-9-11-32-12-10-28)5-7-20(22)25(21)18-3-1-2-4-19(18)26(30)31/h1-8,13,15,27H,9-12,14H2,(H,30,31). The van der Waals surface area contributed by atoms with Gasteiger partial charge in [0.2, 0.25) is 5.91 Å². The molecule has 7 nitrogen and oxygen atoms in total. The number of ether oxygens (including phenoxy) is 1. The molecule has 1 fully saturated rings. The molecule has 2 heterocycles. The van der Waals surface area contributed by atoms with Crippen LogP contribution in [0.15, 0.2) is 65.1 Å². The second kappa shape index (κ2) is 8.52. The van der Waals surface area contributed by atoms with Gasteiger partial charge in [-0.2, -0.15) is 0 Å². The Morgan fingerprint density at radius 1 is 0.970 bits per heavy atom. The molecular formula is C26H22N2O5. The fourth-order valence-electron chi connectivity index (χ4n) is 4.32. The molecule has 1 saturated heterocycles. The Hall–Kier alpha value is -3.97. The molecule has 0 aromatic heterocycles. The molecule has 0 bridgehead atoms. The number of fused-ring (bicyclic) bond motifs is 2. The van der Waals surface area contributed by atoms with E-state index in [-0.39, 0.29) is 17.9 Å². The van der Waals surface area contributed by atoms with E-state index in [9.17, 15) is 14.7 Å². The molecule has 3 aliphatic rings. The van der Waals surface area contributed by atoms with Gasteiger partial charge in [0, 0.05) is 35.7 Å². The Balaban J connectivity index is 1.67. The SMILES string of the molecule is N=c1ccc2c(-c3ccccc3C(=O)O)c3ccc(CC(=O)N4CCOCC4)cc3oc-2c1. The van der Waals surface area contributed by atoms with Crippen molar-refractivity contribution in [2.45, 2.75) is 6.42 Å². The van der Waals surface area contributed by atoms with Crippen LogP contribution in [0.1, 0.15) is 15.9 Å². The molecular weight excluding hydrogens is 420 g/mol. The summed E-state index contributed by atoms with van der Waals surface area (Å²) in [6.07, 6.45) is 0.239. The minimum absolute atomic E-state index is 0.0309. The number of carboxylic acid groups (broad SMARTS) is 1. The second-order valence-electron chi connectivity index (χ2n) is 8.04. The minimum atomic E-state index is -1.02. The topological polar surface area (TPSA) is 104 Å². The van der Waals surface area contributed by atoms with E-state index in [1.54, 1.807) is 47.4 Å². The highest BCUT2D eigenvalue weighted by Gasteiger charge is 2.22. The summed E-state index contributed by atoms with van der Waals surface area (Å²) < 4.78 is 11.5. The van der Waals surface area contributed by atoms with E-state index in [0.29, 0.717) is 48.6 Å². The Bertz CT molecular complexity index is 1400. The van der Waals surface area contributed by atoms with Crippen molar-refractivity contribution < 1.29 is 23.8 Å². The summed E-state index contributed by atoms with van der Waals surface area (Å²) in [7, 11) is 0. The number of amides is 1. The third-order valence-corrected chi connectivity index (χ3v) is 5.93. The zero-order valence-electron chi connectivity index (χ0n) is 17.8. The van der Waals surface area contributed by atoms with Crippen LogP contribution < -0.4 is 5.36 Å². The minimum Gasteiger partial charge on any atom is -0.478 e. The van der Waals surface area contributed by atoms with Gasteiger partial charge in [-0.3, -0.25) is 4.79 Å². The van der Waals surface area contributed by atoms with Crippen molar-refractivity contribution in [3.63, 3.8) is 0 Å². The maximum Gasteiger partial charge on any atom is 0.336 e. The van der Waals surface area contributed by atoms with Gasteiger partial charge in [0.15, 0.2) is 0 Å². The van der Waals surface area contributed by atoms with Crippen molar-refractivity contribution >= 4 is 22.8 Å². The van der Waals surface area contributed by atoms with Crippen LogP contribution in [0.2, 0.25) is 0 Å². The van der Waals surface area contributed by atoms with E-state index in [4.69, 9.17) is 14.6 Å². The second-order valence-corrected chi connectivity index (χ2v) is 8.04. The first-order valence-corrected chi connectivity index (χ1v) is 10.7. The van der Waals surface area contributed by atoms with Crippen molar-refractivity contribution in [1.29, 1.82) is 5.41 Å². The third-order valence-electron chi connectivity index (χ3n) is 5.93. The number of morpholine rings is 1. The molecule has 7 heteroatoms. The molecule has 2 aliphatic heterocycles. The van der Waals surface area contributed by atoms with Gasteiger partial charge < -0.3 is 24.6 Å². The Labute approximate surface area is 189 Å². The average Bonchev–Trinajstić information content (AvgIpc) is 2.83. The Kier molecular flexibility index (Phi) is 5.40. The molecule has 5 rings (SSSR count). The summed E-state index contributed by atoms with van der Waals surface area (Å²) in [5.41, 5.74) is 3.57. The summed E-state index contributed by atoms with van der Waals surface area (Å²) in [6.45, 7) is 2.27. The molecule has 0 spiro atoms. The number of benzene rings is 3. The average molecular weight is 442 g/mol. The van der Waals surface area contributed by atoms with Gasteiger partial charge in [-0.15, -0.1) is 0 Å². The lowest BCUT2D eigenvalue weighted by atomic mass is 9.90. The summed E-state index contributed by atoms with van der Waals surface area (Å²) in [4.78, 5) is 26.5. The first kappa shape index (κ1) is 20.9. The van der Waals surface area contributed by atoms with Gasteiger partial charge in [-0.05, 0) is 35.4 Å². The van der Waals surface area contributed by atoms with E-state index in [1.165, 1.54) is 0 Å². The predicted octanol–water partition coefficient (Wildman–Crippen LogP) is 3.78. The number of carbonyl (C=O) groups excluding carboxylic acids is 1. The van der Waals surface area contributed by atoms with E-state index < -0.39 is 5.97 Å². The van der Waals surface area contributed by atoms with Gasteiger partial charge in [0.25, 0.3) is 0 Å². The highest BCUT2D eigenvalue weighted by atomic mass is 16.5. The number of nitrogens with zero attached hydrogens (tertiary/aromatic N) is 1. The summed E-state index contributed by atoms with van der Waals surface area (Å²) >= 11 is 0. The first-order chi connectivity index (χ1) is 16.0. The van der Waals surface area contributed by atoms with Crippen molar-refractivity contribution in [3.8, 4) is 22.5 Å². The number of hydrogen-bond acceptors (Lipinski definition) is 5. The smallest absolute Gasteiger partial charge is 0.336 e. The summed E-state index contributed by atoms with van der Waals surface area (Å²) in [5.74, 6) is -0.497. The number of rotatable bonds is 4. The maximum atomic E-state index is 12.7. The fourth-order valence-corrected chi connectivity index (χ4v) is 4.32. The maximum absolute atomic E-state index is 12.7. The van der Waals surface area contributed by atoms with Crippen LogP contribution in [-0.4, -0.2) is 48.2 Å². The monoisotopic (exact) mass is 442 g/mol. The molecule has 2 aromatic rings. The number of carbonyl (C=O) groups is 2. The molecule has 0 radical (unpaired) electrons. The molecule has 1 amide bonds. The van der Waals surface area contributed by atoms with Gasteiger partial charge in [0.05, 0.1) is 30.6 Å². The zero-order chi connectivity index (χ0) is 22.9. The van der Waals surface area contributed by atoms with Crippen LogP contribution in [-0.2, 0) is 16.0 Å². The predicted molar refractivity (Wildman–Crippen MR) is 122 cm³/mol. The fraction of sp³-hybridized carbons (Fsp3) is 0.192. The lowest BCUT2D eigenvalue weighted by Crippen LogP contribution is -2.41. The van der Waals surface area contributed by atoms with Crippen LogP contribution in [0.5, 0.6) is 0 Å². The highest BCUT2D eigenvalue weighted by molar-refractivity contribution is 6.07. The quantitative estimate of drug-likeness (QED) is 0.468. The van der Waals surface area contributed by atoms with Crippen LogP contribution in [0, 0.1) is 5.41 Å². The van der Waals surface area contributed by atoms with Gasteiger partial charge >= 0.3 is 5.97 Å². The van der Waals surface area contributed by atoms with Crippen molar-refractivity contribution in [3.05, 3.63) is 77.1 Å². The van der Waals surface area contributed by atoms with Crippen molar-refractivity contribution in [2.24, 2.45) is 0 Å². The molecule has 166 valence electrons. The van der Waals surface area contributed by atoms with Crippen molar-refractivity contribution in [1.82, 2.24) is 4.90 Å². The summed E-state index contributed by atoms with van der Waals surface area (Å²) in [6, 6.07) is 17.5. The Morgan fingerprint density at radius 2 is 1.76 bits per heavy atom. The lowest BCUT2D eigenvalue weighted by Gasteiger charge is -2.27. The molecule has 2 N–H and O–H groups in total. The van der Waals surface area contributed by atoms with E-state index in [2.05, 4.69) is 0 Å². The molecule has 33 heavy (non-hydrogen) atoms. The van der Waals surface area contributed by atoms with E-state index in [0.717, 1.165) is 22.1 Å². The van der Waals surface area contributed by atoms with Crippen molar-refractivity contribution in [2.75, 3.05) is 26.3 Å². The number of carboxylic acids is 1. The lowest BCUT2D eigenvalue weighted by molar-refractivity contribution is -0.134. The Morgan fingerprint density at radius 3 is 2.55 bits per heavy atom. The van der Waals surface area contributed by atoms with Gasteiger partial charge in [-0.25, -0.2) is 4.79 Å². The van der Waals surface area contributed by atoms with Gasteiger partial charge in [0.1, 0.15) is 11.3 Å². The zero-order valence-corrected chi connectivity index (χ0v) is 17.8. The van der Waals surface area contributed by atoms with Crippen LogP contribution in [0.4, 0.5) is 0 Å². The molecule has 1 aliphatic carbocycles. The molecule has 0 atom stereocenters. The molecule has 0 unspecified atom stereocenters. The van der Waals surface area contributed by atoms with Crippen LogP contribution >= 0.6 is 0 Å². The van der Waals surface area contributed by atoms with E-state index in [1.807, 2.05) is 18.2 Å². The van der Waals surface area contributed by atoms with E-state index >= 15 is 0 Å². The van der Waals surface area contributed by atoms with Gasteiger partial charge in [-0.1, -0.05) is 30.3 Å².